The maximum atomic E-state index is 13.2. The second-order valence-electron chi connectivity index (χ2n) is 7.35. The van der Waals surface area contributed by atoms with Crippen LogP contribution in [0.4, 0.5) is 21.7 Å². The third kappa shape index (κ3) is 4.52. The first-order valence-electron chi connectivity index (χ1n) is 9.42. The van der Waals surface area contributed by atoms with Crippen LogP contribution in [0.15, 0.2) is 42.6 Å². The van der Waals surface area contributed by atoms with Crippen LogP contribution < -0.4 is 10.2 Å². The van der Waals surface area contributed by atoms with E-state index in [0.29, 0.717) is 36.4 Å². The number of aliphatic hydroxyl groups is 1. The van der Waals surface area contributed by atoms with Crippen LogP contribution in [-0.4, -0.2) is 51.2 Å². The zero-order valence-electron chi connectivity index (χ0n) is 16.3. The Morgan fingerprint density at radius 2 is 1.83 bits per heavy atom. The summed E-state index contributed by atoms with van der Waals surface area (Å²) in [6.45, 7) is 6.05. The molecule has 1 fully saturated rings. The van der Waals surface area contributed by atoms with Gasteiger partial charge in [-0.15, -0.1) is 0 Å². The summed E-state index contributed by atoms with van der Waals surface area (Å²) in [4.78, 5) is 11.3. The molecule has 0 unspecified atom stereocenters. The molecular weight excluding hydrogens is 375 g/mol. The fourth-order valence-corrected chi connectivity index (χ4v) is 2.99. The van der Waals surface area contributed by atoms with Crippen molar-refractivity contribution in [1.29, 1.82) is 0 Å². The maximum absolute atomic E-state index is 13.2. The number of rotatable bonds is 5. The van der Waals surface area contributed by atoms with Crippen molar-refractivity contribution < 1.29 is 14.2 Å². The first-order valence-corrected chi connectivity index (χ1v) is 9.42. The van der Waals surface area contributed by atoms with Gasteiger partial charge in [-0.05, 0) is 44.2 Å². The van der Waals surface area contributed by atoms with Crippen LogP contribution in [0.1, 0.15) is 19.5 Å². The van der Waals surface area contributed by atoms with Crippen molar-refractivity contribution in [2.45, 2.75) is 19.4 Å². The van der Waals surface area contributed by atoms with Gasteiger partial charge in [-0.1, -0.05) is 0 Å². The van der Waals surface area contributed by atoms with Crippen molar-refractivity contribution in [3.8, 4) is 5.95 Å². The average molecular weight is 398 g/mol. The minimum absolute atomic E-state index is 0.302. The second-order valence-corrected chi connectivity index (χ2v) is 7.35. The molecule has 3 aromatic rings. The Labute approximate surface area is 168 Å². The number of nitrogens with one attached hydrogen (secondary N) is 1. The molecule has 1 aromatic carbocycles. The number of nitrogens with zero attached hydrogens (tertiary/aromatic N) is 5. The van der Waals surface area contributed by atoms with E-state index in [9.17, 15) is 9.50 Å². The van der Waals surface area contributed by atoms with Gasteiger partial charge >= 0.3 is 0 Å². The fourth-order valence-electron chi connectivity index (χ4n) is 2.99. The van der Waals surface area contributed by atoms with Gasteiger partial charge in [-0.3, -0.25) is 0 Å². The first kappa shape index (κ1) is 19.3. The van der Waals surface area contributed by atoms with Crippen molar-refractivity contribution in [2.75, 3.05) is 36.5 Å². The summed E-state index contributed by atoms with van der Waals surface area (Å²) in [5, 5.41) is 17.8. The smallest absolute Gasteiger partial charge is 0.254 e. The van der Waals surface area contributed by atoms with E-state index >= 15 is 0 Å². The van der Waals surface area contributed by atoms with Gasteiger partial charge in [0.15, 0.2) is 0 Å². The van der Waals surface area contributed by atoms with Gasteiger partial charge in [0.2, 0.25) is 0 Å². The van der Waals surface area contributed by atoms with Crippen molar-refractivity contribution >= 4 is 17.3 Å². The summed E-state index contributed by atoms with van der Waals surface area (Å²) in [7, 11) is 0. The number of ether oxygens (including phenoxy) is 1. The number of anilines is 3. The lowest BCUT2D eigenvalue weighted by Gasteiger charge is -2.28. The van der Waals surface area contributed by atoms with E-state index in [1.807, 2.05) is 6.07 Å². The van der Waals surface area contributed by atoms with E-state index in [0.717, 1.165) is 18.9 Å². The Morgan fingerprint density at radius 1 is 1.10 bits per heavy atom. The zero-order valence-corrected chi connectivity index (χ0v) is 16.3. The third-order valence-electron chi connectivity index (χ3n) is 4.57. The van der Waals surface area contributed by atoms with E-state index in [2.05, 4.69) is 25.3 Å². The SMILES string of the molecule is CC(C)(O)c1ccn(-c2nc(Nc3ccc(F)cc3)cc(N3CCOCC3)n2)n1. The van der Waals surface area contributed by atoms with Gasteiger partial charge in [0, 0.05) is 31.0 Å². The molecule has 1 saturated heterocycles. The highest BCUT2D eigenvalue weighted by Gasteiger charge is 2.21. The molecular formula is C20H23FN6O2. The molecule has 0 atom stereocenters. The number of hydrogen-bond acceptors (Lipinski definition) is 7. The summed E-state index contributed by atoms with van der Waals surface area (Å²) in [5.41, 5.74) is 0.162. The molecule has 0 radical (unpaired) electrons. The van der Waals surface area contributed by atoms with Crippen LogP contribution in [0, 0.1) is 5.82 Å². The van der Waals surface area contributed by atoms with Crippen LogP contribution in [0.3, 0.4) is 0 Å². The molecule has 4 rings (SSSR count). The molecule has 0 saturated carbocycles. The number of halogens is 1. The van der Waals surface area contributed by atoms with Crippen LogP contribution in [0.25, 0.3) is 5.95 Å². The van der Waals surface area contributed by atoms with E-state index in [4.69, 9.17) is 4.74 Å². The number of morpholine rings is 1. The van der Waals surface area contributed by atoms with E-state index in [-0.39, 0.29) is 5.82 Å². The predicted molar refractivity (Wildman–Crippen MR) is 107 cm³/mol. The molecule has 0 bridgehead atoms. The van der Waals surface area contributed by atoms with Crippen LogP contribution in [0.2, 0.25) is 0 Å². The number of benzene rings is 1. The molecule has 1 aliphatic rings. The Kier molecular flexibility index (Phi) is 5.16. The largest absolute Gasteiger partial charge is 0.384 e. The summed E-state index contributed by atoms with van der Waals surface area (Å²) < 4.78 is 20.2. The number of hydrogen-bond donors (Lipinski definition) is 2. The second kappa shape index (κ2) is 7.76. The van der Waals surface area contributed by atoms with Gasteiger partial charge in [-0.2, -0.15) is 15.1 Å². The van der Waals surface area contributed by atoms with E-state index in [1.165, 1.54) is 16.8 Å². The highest BCUT2D eigenvalue weighted by Crippen LogP contribution is 2.23. The lowest BCUT2D eigenvalue weighted by molar-refractivity contribution is 0.0734. The van der Waals surface area contributed by atoms with E-state index < -0.39 is 5.60 Å². The van der Waals surface area contributed by atoms with Gasteiger partial charge in [0.25, 0.3) is 5.95 Å². The Bertz CT molecular complexity index is 977. The van der Waals surface area contributed by atoms with Gasteiger partial charge in [0.1, 0.15) is 23.1 Å². The average Bonchev–Trinajstić information content (AvgIpc) is 3.21. The van der Waals surface area contributed by atoms with Crippen molar-refractivity contribution in [1.82, 2.24) is 19.7 Å². The van der Waals surface area contributed by atoms with Crippen molar-refractivity contribution in [3.05, 3.63) is 54.1 Å². The Morgan fingerprint density at radius 3 is 2.48 bits per heavy atom. The first-order chi connectivity index (χ1) is 13.9. The van der Waals surface area contributed by atoms with Crippen molar-refractivity contribution in [3.63, 3.8) is 0 Å². The maximum Gasteiger partial charge on any atom is 0.254 e. The summed E-state index contributed by atoms with van der Waals surface area (Å²) in [6, 6.07) is 9.64. The highest BCUT2D eigenvalue weighted by atomic mass is 19.1. The van der Waals surface area contributed by atoms with Crippen LogP contribution in [-0.2, 0) is 10.3 Å². The van der Waals surface area contributed by atoms with Crippen LogP contribution >= 0.6 is 0 Å². The molecule has 29 heavy (non-hydrogen) atoms. The molecule has 0 spiro atoms. The molecule has 8 nitrogen and oxygen atoms in total. The van der Waals surface area contributed by atoms with Gasteiger partial charge in [-0.25, -0.2) is 9.07 Å². The quantitative estimate of drug-likeness (QED) is 0.683. The molecule has 0 aliphatic carbocycles. The topological polar surface area (TPSA) is 88.3 Å². The molecule has 9 heteroatoms. The fraction of sp³-hybridized carbons (Fsp3) is 0.350. The normalized spacial score (nSPS) is 14.8. The summed E-state index contributed by atoms with van der Waals surface area (Å²) in [5.74, 6) is 1.37. The predicted octanol–water partition coefficient (Wildman–Crippen LogP) is 2.61. The molecule has 2 aromatic heterocycles. The van der Waals surface area contributed by atoms with Gasteiger partial charge in [0.05, 0.1) is 18.9 Å². The molecule has 2 N–H and O–H groups in total. The minimum Gasteiger partial charge on any atom is -0.384 e. The summed E-state index contributed by atoms with van der Waals surface area (Å²) in [6.07, 6.45) is 1.72. The lowest BCUT2D eigenvalue weighted by Crippen LogP contribution is -2.37. The molecule has 152 valence electrons. The van der Waals surface area contributed by atoms with Crippen LogP contribution in [0.5, 0.6) is 0 Å². The molecule has 1 aliphatic heterocycles. The Balaban J connectivity index is 1.71. The molecule has 3 heterocycles. The lowest BCUT2D eigenvalue weighted by atomic mass is 10.1. The molecule has 0 amide bonds. The standard InChI is InChI=1S/C20H23FN6O2/c1-20(2,28)16-7-8-27(25-16)19-23-17(22-15-5-3-14(21)4-6-15)13-18(24-19)26-9-11-29-12-10-26/h3-8,13,28H,9-12H2,1-2H3,(H,22,23,24). The monoisotopic (exact) mass is 398 g/mol. The number of aromatic nitrogens is 4. The minimum atomic E-state index is -1.07. The Hall–Kier alpha value is -3.04. The van der Waals surface area contributed by atoms with E-state index in [1.54, 1.807) is 38.2 Å². The van der Waals surface area contributed by atoms with Crippen molar-refractivity contribution in [2.24, 2.45) is 0 Å². The third-order valence-corrected chi connectivity index (χ3v) is 4.57. The summed E-state index contributed by atoms with van der Waals surface area (Å²) >= 11 is 0. The van der Waals surface area contributed by atoms with Gasteiger partial charge < -0.3 is 20.1 Å². The zero-order chi connectivity index (χ0) is 20.4. The highest BCUT2D eigenvalue weighted by molar-refractivity contribution is 5.60.